The molecule has 0 bridgehead atoms. The Labute approximate surface area is 93.9 Å². The first-order valence-corrected chi connectivity index (χ1v) is 5.11. The minimum atomic E-state index is -0.312. The molecule has 0 fully saturated rings. The molecular formula is C11H16N2O3. The monoisotopic (exact) mass is 224 g/mol. The van der Waals surface area contributed by atoms with E-state index in [2.05, 4.69) is 5.32 Å². The van der Waals surface area contributed by atoms with Gasteiger partial charge in [0.1, 0.15) is 0 Å². The van der Waals surface area contributed by atoms with E-state index in [4.69, 9.17) is 10.8 Å². The van der Waals surface area contributed by atoms with E-state index in [0.717, 1.165) is 6.42 Å². The van der Waals surface area contributed by atoms with Gasteiger partial charge in [0.05, 0.1) is 0 Å². The summed E-state index contributed by atoms with van der Waals surface area (Å²) in [5.41, 5.74) is 5.75. The van der Waals surface area contributed by atoms with Crippen LogP contribution in [0.4, 0.5) is 0 Å². The Morgan fingerprint density at radius 1 is 1.44 bits per heavy atom. The summed E-state index contributed by atoms with van der Waals surface area (Å²) < 4.78 is 0. The molecule has 0 aliphatic carbocycles. The zero-order valence-corrected chi connectivity index (χ0v) is 9.10. The van der Waals surface area contributed by atoms with Crippen molar-refractivity contribution in [3.8, 4) is 11.5 Å². The van der Waals surface area contributed by atoms with Gasteiger partial charge in [0, 0.05) is 18.2 Å². The molecule has 0 heterocycles. The molecule has 0 aliphatic rings. The molecule has 5 N–H and O–H groups in total. The number of phenols is 2. The van der Waals surface area contributed by atoms with Crippen LogP contribution in [0, 0.1) is 0 Å². The van der Waals surface area contributed by atoms with Gasteiger partial charge in [-0.3, -0.25) is 4.79 Å². The van der Waals surface area contributed by atoms with E-state index in [0.29, 0.717) is 12.1 Å². The number of carbonyl (C=O) groups excluding carboxylic acids is 1. The maximum absolute atomic E-state index is 11.7. The number of aromatic hydroxyl groups is 2. The van der Waals surface area contributed by atoms with Crippen molar-refractivity contribution >= 4 is 5.91 Å². The summed E-state index contributed by atoms with van der Waals surface area (Å²) >= 11 is 0. The van der Waals surface area contributed by atoms with Crippen LogP contribution in [0.15, 0.2) is 18.2 Å². The molecule has 1 rings (SSSR count). The van der Waals surface area contributed by atoms with E-state index < -0.39 is 0 Å². The molecule has 0 saturated heterocycles. The summed E-state index contributed by atoms with van der Waals surface area (Å²) in [6, 6.07) is 3.85. The highest BCUT2D eigenvalue weighted by atomic mass is 16.3. The minimum absolute atomic E-state index is 0.0801. The standard InChI is InChI=1S/C11H16N2O3/c1-2-8(6-12)13-11(16)7-3-4-9(14)10(15)5-7/h3-5,8,14-15H,2,6,12H2,1H3,(H,13,16). The first-order valence-electron chi connectivity index (χ1n) is 5.11. The van der Waals surface area contributed by atoms with Crippen LogP contribution in [-0.4, -0.2) is 28.7 Å². The van der Waals surface area contributed by atoms with E-state index in [9.17, 15) is 9.90 Å². The van der Waals surface area contributed by atoms with Gasteiger partial charge in [-0.2, -0.15) is 0 Å². The van der Waals surface area contributed by atoms with Crippen molar-refractivity contribution in [1.29, 1.82) is 0 Å². The number of hydrogen-bond donors (Lipinski definition) is 4. The molecular weight excluding hydrogens is 208 g/mol. The van der Waals surface area contributed by atoms with Crippen molar-refractivity contribution in [3.05, 3.63) is 23.8 Å². The summed E-state index contributed by atoms with van der Waals surface area (Å²) in [5.74, 6) is -0.872. The van der Waals surface area contributed by atoms with Gasteiger partial charge in [-0.05, 0) is 24.6 Å². The number of carbonyl (C=O) groups is 1. The van der Waals surface area contributed by atoms with Crippen LogP contribution in [0.3, 0.4) is 0 Å². The second-order valence-corrected chi connectivity index (χ2v) is 3.52. The van der Waals surface area contributed by atoms with Crippen LogP contribution in [0.2, 0.25) is 0 Å². The van der Waals surface area contributed by atoms with Gasteiger partial charge in [-0.15, -0.1) is 0 Å². The third kappa shape index (κ3) is 2.87. The Bertz CT molecular complexity index is 375. The normalized spacial score (nSPS) is 12.1. The summed E-state index contributed by atoms with van der Waals surface area (Å²) in [7, 11) is 0. The van der Waals surface area contributed by atoms with Crippen molar-refractivity contribution in [2.45, 2.75) is 19.4 Å². The van der Waals surface area contributed by atoms with Gasteiger partial charge in [0.15, 0.2) is 11.5 Å². The molecule has 0 aromatic heterocycles. The predicted octanol–water partition coefficient (Wildman–Crippen LogP) is 0.565. The SMILES string of the molecule is CCC(CN)NC(=O)c1ccc(O)c(O)c1. The number of rotatable bonds is 4. The number of phenolic OH excluding ortho intramolecular Hbond substituents is 2. The molecule has 0 radical (unpaired) electrons. The molecule has 88 valence electrons. The van der Waals surface area contributed by atoms with Crippen molar-refractivity contribution in [2.24, 2.45) is 5.73 Å². The number of nitrogens with one attached hydrogen (secondary N) is 1. The highest BCUT2D eigenvalue weighted by Crippen LogP contribution is 2.24. The first kappa shape index (κ1) is 12.3. The van der Waals surface area contributed by atoms with Crippen LogP contribution < -0.4 is 11.1 Å². The van der Waals surface area contributed by atoms with Gasteiger partial charge in [0.25, 0.3) is 5.91 Å². The number of benzene rings is 1. The molecule has 5 nitrogen and oxygen atoms in total. The molecule has 1 atom stereocenters. The summed E-state index contributed by atoms with van der Waals surface area (Å²) in [6.45, 7) is 2.29. The molecule has 1 unspecified atom stereocenters. The molecule has 0 saturated carbocycles. The maximum Gasteiger partial charge on any atom is 0.251 e. The quantitative estimate of drug-likeness (QED) is 0.562. The van der Waals surface area contributed by atoms with Crippen LogP contribution >= 0.6 is 0 Å². The smallest absolute Gasteiger partial charge is 0.251 e. The number of hydrogen-bond acceptors (Lipinski definition) is 4. The van der Waals surface area contributed by atoms with Crippen LogP contribution in [0.1, 0.15) is 23.7 Å². The van der Waals surface area contributed by atoms with Gasteiger partial charge in [-0.1, -0.05) is 6.92 Å². The third-order valence-electron chi connectivity index (χ3n) is 2.35. The molecule has 1 aromatic carbocycles. The molecule has 0 aliphatic heterocycles. The van der Waals surface area contributed by atoms with Gasteiger partial charge in [-0.25, -0.2) is 0 Å². The Balaban J connectivity index is 2.76. The zero-order valence-electron chi connectivity index (χ0n) is 9.10. The molecule has 1 aromatic rings. The average Bonchev–Trinajstić information content (AvgIpc) is 2.29. The third-order valence-corrected chi connectivity index (χ3v) is 2.35. The lowest BCUT2D eigenvalue weighted by Crippen LogP contribution is -2.39. The minimum Gasteiger partial charge on any atom is -0.504 e. The second-order valence-electron chi connectivity index (χ2n) is 3.52. The lowest BCUT2D eigenvalue weighted by molar-refractivity contribution is 0.0936. The Hall–Kier alpha value is -1.75. The average molecular weight is 224 g/mol. The zero-order chi connectivity index (χ0) is 12.1. The van der Waals surface area contributed by atoms with E-state index >= 15 is 0 Å². The largest absolute Gasteiger partial charge is 0.504 e. The Morgan fingerprint density at radius 3 is 2.62 bits per heavy atom. The fourth-order valence-electron chi connectivity index (χ4n) is 1.26. The van der Waals surface area contributed by atoms with Crippen molar-refractivity contribution in [1.82, 2.24) is 5.32 Å². The molecule has 0 spiro atoms. The van der Waals surface area contributed by atoms with E-state index in [1.807, 2.05) is 6.92 Å². The van der Waals surface area contributed by atoms with Crippen LogP contribution in [-0.2, 0) is 0 Å². The molecule has 16 heavy (non-hydrogen) atoms. The van der Waals surface area contributed by atoms with Crippen molar-refractivity contribution in [3.63, 3.8) is 0 Å². The first-order chi connectivity index (χ1) is 7.58. The van der Waals surface area contributed by atoms with E-state index in [1.165, 1.54) is 18.2 Å². The van der Waals surface area contributed by atoms with Gasteiger partial charge >= 0.3 is 0 Å². The van der Waals surface area contributed by atoms with Crippen LogP contribution in [0.25, 0.3) is 0 Å². The van der Waals surface area contributed by atoms with Gasteiger partial charge in [0.2, 0.25) is 0 Å². The highest BCUT2D eigenvalue weighted by molar-refractivity contribution is 5.95. The second kappa shape index (κ2) is 5.37. The topological polar surface area (TPSA) is 95.6 Å². The highest BCUT2D eigenvalue weighted by Gasteiger charge is 2.12. The fraction of sp³-hybridized carbons (Fsp3) is 0.364. The van der Waals surface area contributed by atoms with E-state index in [1.54, 1.807) is 0 Å². The van der Waals surface area contributed by atoms with Crippen LogP contribution in [0.5, 0.6) is 11.5 Å². The summed E-state index contributed by atoms with van der Waals surface area (Å²) in [4.78, 5) is 11.7. The molecule has 1 amide bonds. The van der Waals surface area contributed by atoms with Crippen molar-refractivity contribution in [2.75, 3.05) is 6.54 Å². The van der Waals surface area contributed by atoms with E-state index in [-0.39, 0.29) is 23.4 Å². The fourth-order valence-corrected chi connectivity index (χ4v) is 1.26. The Kier molecular flexibility index (Phi) is 4.13. The number of nitrogens with two attached hydrogens (primary N) is 1. The predicted molar refractivity (Wildman–Crippen MR) is 60.4 cm³/mol. The number of amides is 1. The van der Waals surface area contributed by atoms with Crippen molar-refractivity contribution < 1.29 is 15.0 Å². The summed E-state index contributed by atoms with van der Waals surface area (Å²) in [5, 5.41) is 21.1. The maximum atomic E-state index is 11.7. The summed E-state index contributed by atoms with van der Waals surface area (Å²) in [6.07, 6.45) is 0.742. The lowest BCUT2D eigenvalue weighted by atomic mass is 10.1. The lowest BCUT2D eigenvalue weighted by Gasteiger charge is -2.14. The van der Waals surface area contributed by atoms with Gasteiger partial charge < -0.3 is 21.3 Å². The molecule has 5 heteroatoms. The Morgan fingerprint density at radius 2 is 2.12 bits per heavy atom.